The molecule has 0 radical (unpaired) electrons. The molecule has 246 valence electrons. The van der Waals surface area contributed by atoms with Gasteiger partial charge in [0, 0.05) is 36.9 Å². The lowest BCUT2D eigenvalue weighted by atomic mass is 9.89. The number of esters is 2. The minimum atomic E-state index is -0.533. The maximum absolute atomic E-state index is 12.4. The summed E-state index contributed by atoms with van der Waals surface area (Å²) in [6.07, 6.45) is 3.45. The van der Waals surface area contributed by atoms with Crippen molar-refractivity contribution >= 4 is 18.2 Å². The van der Waals surface area contributed by atoms with Gasteiger partial charge in [-0.05, 0) is 83.8 Å². The number of carbonyl (C=O) groups is 3. The van der Waals surface area contributed by atoms with Crippen LogP contribution in [0.4, 0.5) is 0 Å². The Bertz CT molecular complexity index is 972. The minimum Gasteiger partial charge on any atom is -0.469 e. The molecule has 0 aromatic heterocycles. The Labute approximate surface area is 258 Å². The van der Waals surface area contributed by atoms with Gasteiger partial charge in [0.1, 0.15) is 12.4 Å². The van der Waals surface area contributed by atoms with Crippen molar-refractivity contribution in [3.63, 3.8) is 0 Å². The molecular formula is C34H56O9. The van der Waals surface area contributed by atoms with Crippen molar-refractivity contribution in [3.8, 4) is 0 Å². The zero-order chi connectivity index (χ0) is 32.8. The molecule has 5 unspecified atom stereocenters. The molecule has 5 atom stereocenters. The molecule has 0 amide bonds. The monoisotopic (exact) mass is 608 g/mol. The van der Waals surface area contributed by atoms with Crippen molar-refractivity contribution < 1.29 is 43.5 Å². The second kappa shape index (κ2) is 18.5. The predicted molar refractivity (Wildman–Crippen MR) is 165 cm³/mol. The van der Waals surface area contributed by atoms with Crippen LogP contribution < -0.4 is 0 Å². The molecule has 0 bridgehead atoms. The first-order valence-corrected chi connectivity index (χ1v) is 15.4. The summed E-state index contributed by atoms with van der Waals surface area (Å²) >= 11 is 0. The Hall–Kier alpha value is -2.33. The predicted octanol–water partition coefficient (Wildman–Crippen LogP) is 4.78. The summed E-state index contributed by atoms with van der Waals surface area (Å²) < 4.78 is 20.7. The molecular weight excluding hydrogens is 552 g/mol. The summed E-state index contributed by atoms with van der Waals surface area (Å²) in [5, 5.41) is 16.9. The summed E-state index contributed by atoms with van der Waals surface area (Å²) in [4.78, 5) is 35.1. The third kappa shape index (κ3) is 13.5. The standard InChI is InChI=1S/C23H30O5.C6H14O2.C5H12O2/c1-23(2,3)22(26)28-19-12-16-18(13-24)21(16)17(19)11-15-7-5-6-14(10-15)8-9-20(25)27-4;1-4-7-6(3)8-5-2;1-5(2,3-6)4-7/h5-7,10,13,16-19,21H,8-9,11-12H2,1-4H3;6H,4-5H2,1-3H3;6-7H,3-4H2,1-2H3. The van der Waals surface area contributed by atoms with E-state index in [0.717, 1.165) is 43.5 Å². The molecule has 2 aliphatic rings. The van der Waals surface area contributed by atoms with Gasteiger partial charge in [0.15, 0.2) is 6.29 Å². The van der Waals surface area contributed by atoms with Crippen LogP contribution in [-0.2, 0) is 46.2 Å². The number of hydrogen-bond acceptors (Lipinski definition) is 9. The van der Waals surface area contributed by atoms with Gasteiger partial charge in [0.05, 0.1) is 25.7 Å². The topological polar surface area (TPSA) is 129 Å². The third-order valence-electron chi connectivity index (χ3n) is 7.76. The quantitative estimate of drug-likeness (QED) is 0.185. The van der Waals surface area contributed by atoms with Crippen LogP contribution in [0.3, 0.4) is 0 Å². The van der Waals surface area contributed by atoms with E-state index in [-0.39, 0.29) is 54.8 Å². The minimum absolute atomic E-state index is 0.0370. The molecule has 1 aromatic rings. The fourth-order valence-corrected chi connectivity index (χ4v) is 5.05. The molecule has 1 aromatic carbocycles. The Kier molecular flexibility index (Phi) is 16.6. The smallest absolute Gasteiger partial charge is 0.311 e. The molecule has 2 aliphatic carbocycles. The molecule has 9 nitrogen and oxygen atoms in total. The average Bonchev–Trinajstić information content (AvgIpc) is 3.55. The molecule has 0 heterocycles. The number of carbonyl (C=O) groups excluding carboxylic acids is 3. The van der Waals surface area contributed by atoms with E-state index in [1.165, 1.54) is 7.11 Å². The highest BCUT2D eigenvalue weighted by atomic mass is 16.7. The summed E-state index contributed by atoms with van der Waals surface area (Å²) in [6.45, 7) is 16.5. The van der Waals surface area contributed by atoms with Gasteiger partial charge in [-0.15, -0.1) is 0 Å². The van der Waals surface area contributed by atoms with Gasteiger partial charge in [-0.1, -0.05) is 38.1 Å². The van der Waals surface area contributed by atoms with E-state index in [1.807, 2.05) is 53.7 Å². The summed E-state index contributed by atoms with van der Waals surface area (Å²) in [5.74, 6) is 0.541. The van der Waals surface area contributed by atoms with Crippen LogP contribution in [0.25, 0.3) is 0 Å². The Morgan fingerprint density at radius 1 is 1.02 bits per heavy atom. The number of ether oxygens (including phenoxy) is 4. The Morgan fingerprint density at radius 2 is 1.60 bits per heavy atom. The third-order valence-corrected chi connectivity index (χ3v) is 7.76. The van der Waals surface area contributed by atoms with Crippen molar-refractivity contribution in [3.05, 3.63) is 35.4 Å². The van der Waals surface area contributed by atoms with Gasteiger partial charge in [-0.25, -0.2) is 0 Å². The highest BCUT2D eigenvalue weighted by Gasteiger charge is 2.62. The largest absolute Gasteiger partial charge is 0.469 e. The van der Waals surface area contributed by atoms with Gasteiger partial charge in [0.2, 0.25) is 0 Å². The van der Waals surface area contributed by atoms with Crippen LogP contribution in [0.1, 0.15) is 79.4 Å². The van der Waals surface area contributed by atoms with Crippen LogP contribution in [0.15, 0.2) is 24.3 Å². The van der Waals surface area contributed by atoms with Gasteiger partial charge >= 0.3 is 11.9 Å². The van der Waals surface area contributed by atoms with E-state index < -0.39 is 5.41 Å². The molecule has 2 N–H and O–H groups in total. The lowest BCUT2D eigenvalue weighted by Gasteiger charge is -2.27. The number of hydrogen-bond donors (Lipinski definition) is 2. The van der Waals surface area contributed by atoms with Crippen LogP contribution >= 0.6 is 0 Å². The number of aryl methyl sites for hydroxylation is 1. The van der Waals surface area contributed by atoms with E-state index in [4.69, 9.17) is 29.2 Å². The maximum atomic E-state index is 12.4. The van der Waals surface area contributed by atoms with Crippen LogP contribution in [0.5, 0.6) is 0 Å². The summed E-state index contributed by atoms with van der Waals surface area (Å²) in [7, 11) is 1.40. The molecule has 9 heteroatoms. The van der Waals surface area contributed by atoms with Crippen molar-refractivity contribution in [2.24, 2.45) is 34.5 Å². The molecule has 0 saturated heterocycles. The van der Waals surface area contributed by atoms with E-state index in [1.54, 1.807) is 13.8 Å². The zero-order valence-electron chi connectivity index (χ0n) is 27.8. The number of fused-ring (bicyclic) bond motifs is 1. The first-order valence-electron chi connectivity index (χ1n) is 15.4. The normalized spacial score (nSPS) is 22.4. The Morgan fingerprint density at radius 3 is 2.07 bits per heavy atom. The van der Waals surface area contributed by atoms with E-state index in [0.29, 0.717) is 24.7 Å². The maximum Gasteiger partial charge on any atom is 0.311 e. The highest BCUT2D eigenvalue weighted by molar-refractivity contribution is 5.75. The van der Waals surface area contributed by atoms with E-state index >= 15 is 0 Å². The SMILES string of the molecule is CC(C)(CO)CO.CCOC(C)OCC.COC(=O)CCc1cccc(CC2C(OC(=O)C(C)(C)C)CC3C(C=O)C23)c1. The van der Waals surface area contributed by atoms with Crippen LogP contribution in [-0.4, -0.2) is 74.4 Å². The molecule has 0 aliphatic heterocycles. The van der Waals surface area contributed by atoms with Crippen LogP contribution in [0.2, 0.25) is 0 Å². The second-order valence-electron chi connectivity index (χ2n) is 13.1. The average molecular weight is 609 g/mol. The van der Waals surface area contributed by atoms with Gasteiger partial charge < -0.3 is 34.0 Å². The van der Waals surface area contributed by atoms with E-state index in [9.17, 15) is 14.4 Å². The van der Waals surface area contributed by atoms with Gasteiger partial charge in [-0.3, -0.25) is 9.59 Å². The fraction of sp³-hybridized carbons (Fsp3) is 0.735. The zero-order valence-corrected chi connectivity index (χ0v) is 27.8. The molecule has 2 saturated carbocycles. The summed E-state index contributed by atoms with van der Waals surface area (Å²) in [6, 6.07) is 8.17. The van der Waals surface area contributed by atoms with E-state index in [2.05, 4.69) is 12.1 Å². The lowest BCUT2D eigenvalue weighted by Crippen LogP contribution is -2.33. The van der Waals surface area contributed by atoms with Crippen molar-refractivity contribution in [2.45, 2.75) is 93.5 Å². The molecule has 43 heavy (non-hydrogen) atoms. The summed E-state index contributed by atoms with van der Waals surface area (Å²) in [5.41, 5.74) is 1.40. The van der Waals surface area contributed by atoms with Gasteiger partial charge in [-0.2, -0.15) is 0 Å². The first kappa shape index (κ1) is 38.7. The number of rotatable bonds is 13. The van der Waals surface area contributed by atoms with Crippen LogP contribution in [0, 0.1) is 34.5 Å². The number of aldehydes is 1. The number of methoxy groups -OCH3 is 1. The number of aliphatic hydroxyl groups is 2. The second-order valence-corrected chi connectivity index (χ2v) is 13.1. The fourth-order valence-electron chi connectivity index (χ4n) is 5.05. The molecule has 2 fully saturated rings. The van der Waals surface area contributed by atoms with Crippen molar-refractivity contribution in [2.75, 3.05) is 33.5 Å². The Balaban J connectivity index is 0.000000509. The number of benzene rings is 1. The number of aliphatic hydroxyl groups excluding tert-OH is 2. The molecule has 0 spiro atoms. The lowest BCUT2D eigenvalue weighted by molar-refractivity contribution is -0.161. The molecule has 3 rings (SSSR count). The van der Waals surface area contributed by atoms with Crippen molar-refractivity contribution in [1.29, 1.82) is 0 Å². The first-order chi connectivity index (χ1) is 20.2. The highest BCUT2D eigenvalue weighted by Crippen LogP contribution is 2.61. The van der Waals surface area contributed by atoms with Gasteiger partial charge in [0.25, 0.3) is 0 Å². The van der Waals surface area contributed by atoms with Crippen molar-refractivity contribution in [1.82, 2.24) is 0 Å².